The number of nitrogens with zero attached hydrogens (tertiary/aromatic N) is 2. The van der Waals surface area contributed by atoms with Gasteiger partial charge in [0.05, 0.1) is 12.0 Å². The van der Waals surface area contributed by atoms with E-state index in [9.17, 15) is 0 Å². The number of halogens is 1. The highest BCUT2D eigenvalue weighted by Gasteiger charge is 2.14. The molecule has 4 nitrogen and oxygen atoms in total. The Kier molecular flexibility index (Phi) is 7.29. The Hall–Kier alpha value is -2.63. The van der Waals surface area contributed by atoms with Gasteiger partial charge in [0.2, 0.25) is 0 Å². The largest absolute Gasteiger partial charge is 0.494 e. The molecule has 0 aliphatic heterocycles. The summed E-state index contributed by atoms with van der Waals surface area (Å²) < 4.78 is 5.76. The average Bonchev–Trinajstić information content (AvgIpc) is 3.17. The number of fused-ring (bicyclic) bond motifs is 1. The second-order valence-corrected chi connectivity index (χ2v) is 8.06. The van der Waals surface area contributed by atoms with Crippen LogP contribution >= 0.6 is 23.7 Å². The van der Waals surface area contributed by atoms with Crippen LogP contribution in [0.5, 0.6) is 5.75 Å². The smallest absolute Gasteiger partial charge is 0.143 e. The van der Waals surface area contributed by atoms with E-state index in [0.717, 1.165) is 52.5 Å². The maximum absolute atomic E-state index is 5.76. The first-order valence-electron chi connectivity index (χ1n) is 9.95. The van der Waals surface area contributed by atoms with E-state index in [1.807, 2.05) is 24.3 Å². The minimum atomic E-state index is 0. The molecule has 0 saturated heterocycles. The lowest BCUT2D eigenvalue weighted by molar-refractivity contribution is 0.309. The van der Waals surface area contributed by atoms with Gasteiger partial charge in [-0.25, -0.2) is 9.97 Å². The number of rotatable bonds is 7. The molecule has 2 heterocycles. The van der Waals surface area contributed by atoms with Crippen molar-refractivity contribution in [3.05, 3.63) is 65.3 Å². The summed E-state index contributed by atoms with van der Waals surface area (Å²) in [5.74, 6) is 1.72. The third-order valence-electron chi connectivity index (χ3n) is 5.07. The fourth-order valence-electron chi connectivity index (χ4n) is 3.20. The van der Waals surface area contributed by atoms with Crippen molar-refractivity contribution >= 4 is 45.5 Å². The van der Waals surface area contributed by atoms with E-state index >= 15 is 0 Å². The molecule has 0 saturated carbocycles. The van der Waals surface area contributed by atoms with Crippen molar-refractivity contribution in [2.24, 2.45) is 0 Å². The van der Waals surface area contributed by atoms with E-state index in [1.54, 1.807) is 17.7 Å². The quantitative estimate of drug-likeness (QED) is 0.306. The molecule has 0 aliphatic rings. The molecule has 0 aliphatic carbocycles. The second kappa shape index (κ2) is 9.92. The molecule has 156 valence electrons. The first-order valence-corrected chi connectivity index (χ1v) is 10.8. The molecule has 6 heteroatoms. The van der Waals surface area contributed by atoms with Crippen LogP contribution in [0.4, 0.5) is 11.5 Å². The summed E-state index contributed by atoms with van der Waals surface area (Å²) in [6.45, 7) is 7.20. The van der Waals surface area contributed by atoms with Crippen molar-refractivity contribution in [1.82, 2.24) is 9.97 Å². The van der Waals surface area contributed by atoms with E-state index < -0.39 is 0 Å². The van der Waals surface area contributed by atoms with Crippen molar-refractivity contribution in [3.8, 4) is 16.9 Å². The molecule has 4 rings (SSSR count). The summed E-state index contributed by atoms with van der Waals surface area (Å²) in [7, 11) is 0. The van der Waals surface area contributed by atoms with Gasteiger partial charge in [-0.1, -0.05) is 31.5 Å². The normalized spacial score (nSPS) is 10.6. The van der Waals surface area contributed by atoms with Gasteiger partial charge in [-0.15, -0.1) is 23.7 Å². The van der Waals surface area contributed by atoms with Gasteiger partial charge >= 0.3 is 0 Å². The van der Waals surface area contributed by atoms with Gasteiger partial charge in [0.25, 0.3) is 0 Å². The zero-order chi connectivity index (χ0) is 20.2. The topological polar surface area (TPSA) is 47.0 Å². The Balaban J connectivity index is 0.00000256. The molecule has 2 aromatic carbocycles. The Labute approximate surface area is 187 Å². The van der Waals surface area contributed by atoms with Crippen molar-refractivity contribution < 1.29 is 4.74 Å². The highest BCUT2D eigenvalue weighted by molar-refractivity contribution is 7.17. The van der Waals surface area contributed by atoms with E-state index in [-0.39, 0.29) is 12.4 Å². The molecule has 4 aromatic rings. The highest BCUT2D eigenvalue weighted by atomic mass is 35.5. The molecule has 2 aromatic heterocycles. The van der Waals surface area contributed by atoms with Gasteiger partial charge in [-0.2, -0.15) is 0 Å². The summed E-state index contributed by atoms with van der Waals surface area (Å²) in [6.07, 6.45) is 3.82. The summed E-state index contributed by atoms with van der Waals surface area (Å²) >= 11 is 1.65. The Morgan fingerprint density at radius 3 is 2.53 bits per heavy atom. The molecular weight excluding hydrogens is 414 g/mol. The Morgan fingerprint density at radius 1 is 1.00 bits per heavy atom. The van der Waals surface area contributed by atoms with Gasteiger partial charge in [-0.05, 0) is 61.2 Å². The number of hydrogen-bond donors (Lipinski definition) is 1. The summed E-state index contributed by atoms with van der Waals surface area (Å²) in [5.41, 5.74) is 5.91. The van der Waals surface area contributed by atoms with Gasteiger partial charge in [0, 0.05) is 16.6 Å². The zero-order valence-electron chi connectivity index (χ0n) is 17.4. The number of aryl methyl sites for hydroxylation is 2. The predicted octanol–water partition coefficient (Wildman–Crippen LogP) is 7.32. The summed E-state index contributed by atoms with van der Waals surface area (Å²) in [6, 6.07) is 14.6. The molecular formula is C24H26ClN3OS. The molecule has 0 radical (unpaired) electrons. The lowest BCUT2D eigenvalue weighted by Gasteiger charge is -2.10. The molecule has 0 atom stereocenters. The molecule has 1 N–H and O–H groups in total. The number of hydrogen-bond acceptors (Lipinski definition) is 5. The van der Waals surface area contributed by atoms with Crippen LogP contribution in [0.2, 0.25) is 0 Å². The van der Waals surface area contributed by atoms with Crippen molar-refractivity contribution in [1.29, 1.82) is 0 Å². The van der Waals surface area contributed by atoms with Crippen LogP contribution in [-0.4, -0.2) is 16.6 Å². The lowest BCUT2D eigenvalue weighted by Crippen LogP contribution is -1.98. The molecule has 0 fully saturated rings. The summed E-state index contributed by atoms with van der Waals surface area (Å²) in [5, 5.41) is 6.69. The third-order valence-corrected chi connectivity index (χ3v) is 5.96. The number of thiophene rings is 1. The van der Waals surface area contributed by atoms with Crippen LogP contribution in [-0.2, 0) is 0 Å². The van der Waals surface area contributed by atoms with E-state index in [2.05, 4.69) is 59.6 Å². The van der Waals surface area contributed by atoms with Crippen LogP contribution in [0, 0.1) is 13.8 Å². The first kappa shape index (κ1) is 22.1. The predicted molar refractivity (Wildman–Crippen MR) is 130 cm³/mol. The van der Waals surface area contributed by atoms with Gasteiger partial charge < -0.3 is 10.1 Å². The maximum atomic E-state index is 5.76. The SMILES string of the molecule is CCCCOc1ccc(Nc2ncnc3scc(-c4ccc(C)c(C)c4)c23)cc1.Cl. The standard InChI is InChI=1S/C24H25N3OS.ClH/c1-4-5-12-28-20-10-8-19(9-11-20)27-23-22-21(14-29-24(22)26-15-25-23)18-7-6-16(2)17(3)13-18;/h6-11,13-15H,4-5,12H2,1-3H3,(H,25,26,27);1H. The number of nitrogens with one attached hydrogen (secondary N) is 1. The van der Waals surface area contributed by atoms with Crippen molar-refractivity contribution in [2.45, 2.75) is 33.6 Å². The number of benzene rings is 2. The number of aromatic nitrogens is 2. The minimum absolute atomic E-state index is 0. The second-order valence-electron chi connectivity index (χ2n) is 7.20. The maximum Gasteiger partial charge on any atom is 0.143 e. The summed E-state index contributed by atoms with van der Waals surface area (Å²) in [4.78, 5) is 9.99. The molecule has 0 spiro atoms. The lowest BCUT2D eigenvalue weighted by atomic mass is 10.0. The highest BCUT2D eigenvalue weighted by Crippen LogP contribution is 2.38. The monoisotopic (exact) mass is 439 g/mol. The average molecular weight is 440 g/mol. The van der Waals surface area contributed by atoms with Gasteiger partial charge in [-0.3, -0.25) is 0 Å². The Bertz CT molecular complexity index is 1130. The molecule has 0 unspecified atom stereocenters. The van der Waals surface area contributed by atoms with Crippen molar-refractivity contribution in [2.75, 3.05) is 11.9 Å². The van der Waals surface area contributed by atoms with Crippen LogP contribution in [0.25, 0.3) is 21.3 Å². The fraction of sp³-hybridized carbons (Fsp3) is 0.250. The molecule has 0 bridgehead atoms. The van der Waals surface area contributed by atoms with Crippen LogP contribution < -0.4 is 10.1 Å². The third kappa shape index (κ3) is 4.74. The van der Waals surface area contributed by atoms with Crippen LogP contribution in [0.1, 0.15) is 30.9 Å². The van der Waals surface area contributed by atoms with Crippen LogP contribution in [0.3, 0.4) is 0 Å². The van der Waals surface area contributed by atoms with Gasteiger partial charge in [0.1, 0.15) is 22.7 Å². The molecule has 0 amide bonds. The van der Waals surface area contributed by atoms with Gasteiger partial charge in [0.15, 0.2) is 0 Å². The van der Waals surface area contributed by atoms with E-state index in [0.29, 0.717) is 0 Å². The number of unbranched alkanes of at least 4 members (excludes halogenated alkanes) is 1. The minimum Gasteiger partial charge on any atom is -0.494 e. The zero-order valence-corrected chi connectivity index (χ0v) is 19.1. The number of anilines is 2. The van der Waals surface area contributed by atoms with Crippen molar-refractivity contribution in [3.63, 3.8) is 0 Å². The van der Waals surface area contributed by atoms with Crippen LogP contribution in [0.15, 0.2) is 54.2 Å². The first-order chi connectivity index (χ1) is 14.2. The Morgan fingerprint density at radius 2 is 1.80 bits per heavy atom. The van der Waals surface area contributed by atoms with E-state index in [1.165, 1.54) is 16.7 Å². The van der Waals surface area contributed by atoms with E-state index in [4.69, 9.17) is 4.74 Å². The number of ether oxygens (including phenoxy) is 1. The fourth-order valence-corrected chi connectivity index (χ4v) is 4.11. The molecule has 30 heavy (non-hydrogen) atoms.